The molecule has 0 aromatic heterocycles. The fraction of sp³-hybridized carbons (Fsp3) is 0.310. The van der Waals surface area contributed by atoms with Crippen molar-refractivity contribution in [3.05, 3.63) is 88.4 Å². The Hall–Kier alpha value is -3.27. The zero-order chi connectivity index (χ0) is 29.4. The van der Waals surface area contributed by atoms with Gasteiger partial charge < -0.3 is 15.0 Å². The summed E-state index contributed by atoms with van der Waals surface area (Å²) in [6.45, 7) is 4.90. The first-order chi connectivity index (χ1) is 19.0. The summed E-state index contributed by atoms with van der Waals surface area (Å²) in [5.41, 5.74) is 0.868. The number of amides is 2. The van der Waals surface area contributed by atoms with Crippen molar-refractivity contribution in [1.29, 1.82) is 0 Å². The maximum absolute atomic E-state index is 14.0. The van der Waals surface area contributed by atoms with E-state index in [1.54, 1.807) is 49.4 Å². The average Bonchev–Trinajstić information content (AvgIpc) is 2.96. The van der Waals surface area contributed by atoms with E-state index in [4.69, 9.17) is 27.9 Å². The number of rotatable bonds is 12. The second kappa shape index (κ2) is 13.9. The molecular formula is C29H33Cl2N3O5S. The SMILES string of the molecule is CC[C@H](C)NC(=O)[C@@H](C)N(Cc1cccc(OC)c1)C(=O)CN(c1ccc(Cl)c(Cl)c1)S(=O)(=O)c1ccccc1. The molecule has 11 heteroatoms. The summed E-state index contributed by atoms with van der Waals surface area (Å²) >= 11 is 12.3. The maximum atomic E-state index is 14.0. The topological polar surface area (TPSA) is 96.0 Å². The van der Waals surface area contributed by atoms with Crippen LogP contribution in [-0.2, 0) is 26.2 Å². The van der Waals surface area contributed by atoms with Crippen molar-refractivity contribution in [3.8, 4) is 5.75 Å². The Balaban J connectivity index is 2.05. The van der Waals surface area contributed by atoms with Crippen molar-refractivity contribution >= 4 is 50.7 Å². The summed E-state index contributed by atoms with van der Waals surface area (Å²) in [6.07, 6.45) is 0.711. The number of anilines is 1. The summed E-state index contributed by atoms with van der Waals surface area (Å²) < 4.78 is 33.9. The summed E-state index contributed by atoms with van der Waals surface area (Å²) in [5, 5.41) is 3.28. The highest BCUT2D eigenvalue weighted by molar-refractivity contribution is 7.92. The van der Waals surface area contributed by atoms with Crippen LogP contribution in [0.4, 0.5) is 5.69 Å². The molecule has 3 aromatic carbocycles. The number of sulfonamides is 1. The van der Waals surface area contributed by atoms with Gasteiger partial charge in [-0.15, -0.1) is 0 Å². The quantitative estimate of drug-likeness (QED) is 0.293. The second-order valence-corrected chi connectivity index (χ2v) is 12.0. The largest absolute Gasteiger partial charge is 0.497 e. The predicted molar refractivity (Wildman–Crippen MR) is 158 cm³/mol. The lowest BCUT2D eigenvalue weighted by atomic mass is 10.1. The highest BCUT2D eigenvalue weighted by atomic mass is 35.5. The molecule has 2 atom stereocenters. The number of ether oxygens (including phenoxy) is 1. The van der Waals surface area contributed by atoms with Gasteiger partial charge in [0, 0.05) is 12.6 Å². The molecule has 0 radical (unpaired) electrons. The van der Waals surface area contributed by atoms with E-state index in [1.165, 1.54) is 42.3 Å². The molecule has 8 nitrogen and oxygen atoms in total. The normalized spacial score (nSPS) is 12.8. The van der Waals surface area contributed by atoms with Crippen LogP contribution in [0.3, 0.4) is 0 Å². The maximum Gasteiger partial charge on any atom is 0.264 e. The lowest BCUT2D eigenvalue weighted by Gasteiger charge is -2.32. The standard InChI is InChI=1S/C29H33Cl2N3O5S/c1-5-20(2)32-29(36)21(3)33(18-22-10-9-11-24(16-22)39-4)28(35)19-34(23-14-15-26(30)27(31)17-23)40(37,38)25-12-7-6-8-13-25/h6-17,20-21H,5,18-19H2,1-4H3,(H,32,36)/t20-,21+/m0/s1. The minimum Gasteiger partial charge on any atom is -0.497 e. The van der Waals surface area contributed by atoms with Crippen LogP contribution >= 0.6 is 23.2 Å². The van der Waals surface area contributed by atoms with Gasteiger partial charge in [0.05, 0.1) is 27.7 Å². The van der Waals surface area contributed by atoms with Crippen molar-refractivity contribution in [3.63, 3.8) is 0 Å². The third-order valence-electron chi connectivity index (χ3n) is 6.46. The van der Waals surface area contributed by atoms with Gasteiger partial charge in [0.1, 0.15) is 18.3 Å². The number of halogens is 2. The number of methoxy groups -OCH3 is 1. The molecule has 0 unspecified atom stereocenters. The number of nitrogens with zero attached hydrogens (tertiary/aromatic N) is 2. The van der Waals surface area contributed by atoms with Crippen LogP contribution in [-0.4, -0.2) is 50.9 Å². The van der Waals surface area contributed by atoms with Gasteiger partial charge >= 0.3 is 0 Å². The molecule has 1 N–H and O–H groups in total. The summed E-state index contributed by atoms with van der Waals surface area (Å²) in [6, 6.07) is 18.2. The van der Waals surface area contributed by atoms with Gasteiger partial charge in [0.25, 0.3) is 10.0 Å². The molecule has 0 saturated carbocycles. The van der Waals surface area contributed by atoms with Gasteiger partial charge in [0.15, 0.2) is 0 Å². The van der Waals surface area contributed by atoms with Crippen LogP contribution in [0.1, 0.15) is 32.8 Å². The molecule has 3 aromatic rings. The Morgan fingerprint density at radius 1 is 0.950 bits per heavy atom. The molecule has 0 aliphatic carbocycles. The van der Waals surface area contributed by atoms with Crippen LogP contribution in [0.25, 0.3) is 0 Å². The van der Waals surface area contributed by atoms with E-state index in [0.717, 1.165) is 4.31 Å². The van der Waals surface area contributed by atoms with Gasteiger partial charge in [-0.3, -0.25) is 13.9 Å². The smallest absolute Gasteiger partial charge is 0.264 e. The minimum atomic E-state index is -4.20. The average molecular weight is 607 g/mol. The molecule has 0 bridgehead atoms. The Labute approximate surface area is 245 Å². The second-order valence-electron chi connectivity index (χ2n) is 9.29. The van der Waals surface area contributed by atoms with E-state index in [-0.39, 0.29) is 39.1 Å². The lowest BCUT2D eigenvalue weighted by Crippen LogP contribution is -2.52. The highest BCUT2D eigenvalue weighted by Crippen LogP contribution is 2.31. The number of nitrogens with one attached hydrogen (secondary N) is 1. The molecule has 0 saturated heterocycles. The Morgan fingerprint density at radius 3 is 2.27 bits per heavy atom. The van der Waals surface area contributed by atoms with Crippen LogP contribution in [0.15, 0.2) is 77.7 Å². The number of hydrogen-bond donors (Lipinski definition) is 1. The molecule has 0 fully saturated rings. The first kappa shape index (κ1) is 31.3. The molecule has 0 aliphatic heterocycles. The molecule has 0 spiro atoms. The predicted octanol–water partition coefficient (Wildman–Crippen LogP) is 5.53. The van der Waals surface area contributed by atoms with Crippen molar-refractivity contribution in [2.75, 3.05) is 18.0 Å². The molecule has 2 amide bonds. The van der Waals surface area contributed by atoms with E-state index in [2.05, 4.69) is 5.32 Å². The van der Waals surface area contributed by atoms with Crippen LogP contribution in [0, 0.1) is 0 Å². The summed E-state index contributed by atoms with van der Waals surface area (Å²) in [5.74, 6) is -0.344. The number of benzene rings is 3. The molecule has 3 rings (SSSR count). The fourth-order valence-electron chi connectivity index (χ4n) is 3.90. The van der Waals surface area contributed by atoms with Crippen molar-refractivity contribution < 1.29 is 22.7 Å². The third-order valence-corrected chi connectivity index (χ3v) is 8.98. The fourth-order valence-corrected chi connectivity index (χ4v) is 5.62. The van der Waals surface area contributed by atoms with Crippen LogP contribution in [0.2, 0.25) is 10.0 Å². The first-order valence-electron chi connectivity index (χ1n) is 12.7. The summed E-state index contributed by atoms with van der Waals surface area (Å²) in [7, 11) is -2.67. The molecule has 0 aliphatic rings. The zero-order valence-electron chi connectivity index (χ0n) is 22.8. The van der Waals surface area contributed by atoms with Crippen molar-refractivity contribution in [2.24, 2.45) is 0 Å². The van der Waals surface area contributed by atoms with Gasteiger partial charge in [-0.25, -0.2) is 8.42 Å². The van der Waals surface area contributed by atoms with Crippen LogP contribution < -0.4 is 14.4 Å². The van der Waals surface area contributed by atoms with Crippen LogP contribution in [0.5, 0.6) is 5.75 Å². The number of carbonyl (C=O) groups excluding carboxylic acids is 2. The lowest BCUT2D eigenvalue weighted by molar-refractivity contribution is -0.139. The Kier molecular flexibility index (Phi) is 10.8. The van der Waals surface area contributed by atoms with Gasteiger partial charge in [0.2, 0.25) is 11.8 Å². The van der Waals surface area contributed by atoms with Crippen molar-refractivity contribution in [2.45, 2.75) is 50.7 Å². The minimum absolute atomic E-state index is 0.00391. The molecule has 40 heavy (non-hydrogen) atoms. The first-order valence-corrected chi connectivity index (χ1v) is 14.9. The van der Waals surface area contributed by atoms with Gasteiger partial charge in [-0.2, -0.15) is 0 Å². The van der Waals surface area contributed by atoms with Gasteiger partial charge in [-0.1, -0.05) is 60.5 Å². The van der Waals surface area contributed by atoms with E-state index in [9.17, 15) is 18.0 Å². The highest BCUT2D eigenvalue weighted by Gasteiger charge is 2.33. The van der Waals surface area contributed by atoms with E-state index in [1.807, 2.05) is 13.8 Å². The van der Waals surface area contributed by atoms with E-state index in [0.29, 0.717) is 17.7 Å². The molecular weight excluding hydrogens is 573 g/mol. The van der Waals surface area contributed by atoms with E-state index >= 15 is 0 Å². The Bertz CT molecular complexity index is 1440. The van der Waals surface area contributed by atoms with Crippen molar-refractivity contribution in [1.82, 2.24) is 10.2 Å². The number of carbonyl (C=O) groups is 2. The molecule has 0 heterocycles. The third kappa shape index (κ3) is 7.68. The van der Waals surface area contributed by atoms with E-state index < -0.39 is 28.5 Å². The Morgan fingerprint density at radius 2 is 1.65 bits per heavy atom. The van der Waals surface area contributed by atoms with Gasteiger partial charge in [-0.05, 0) is 68.3 Å². The monoisotopic (exact) mass is 605 g/mol. The number of hydrogen-bond acceptors (Lipinski definition) is 5. The summed E-state index contributed by atoms with van der Waals surface area (Å²) in [4.78, 5) is 28.5. The zero-order valence-corrected chi connectivity index (χ0v) is 25.1. The molecule has 214 valence electrons.